The van der Waals surface area contributed by atoms with E-state index in [2.05, 4.69) is 57.0 Å². The molecule has 17 heavy (non-hydrogen) atoms. The molecule has 3 nitrogen and oxygen atoms in total. The van der Waals surface area contributed by atoms with Gasteiger partial charge in [0.05, 0.1) is 0 Å². The Morgan fingerprint density at radius 3 is 2.12 bits per heavy atom. The highest BCUT2D eigenvalue weighted by atomic mass is 15.2. The molecule has 1 unspecified atom stereocenters. The first kappa shape index (κ1) is 16.9. The molecule has 0 saturated carbocycles. The molecule has 0 heterocycles. The lowest BCUT2D eigenvalue weighted by molar-refractivity contribution is 0.197. The van der Waals surface area contributed by atoms with Gasteiger partial charge in [-0.25, -0.2) is 0 Å². The van der Waals surface area contributed by atoms with E-state index in [-0.39, 0.29) is 0 Å². The zero-order chi connectivity index (χ0) is 13.3. The molecule has 0 aliphatic carbocycles. The van der Waals surface area contributed by atoms with Crippen molar-refractivity contribution in [2.24, 2.45) is 5.92 Å². The van der Waals surface area contributed by atoms with Crippen molar-refractivity contribution in [3.05, 3.63) is 0 Å². The van der Waals surface area contributed by atoms with Crippen LogP contribution in [-0.4, -0.2) is 63.2 Å². The van der Waals surface area contributed by atoms with E-state index in [4.69, 9.17) is 0 Å². The van der Waals surface area contributed by atoms with Crippen LogP contribution in [0.5, 0.6) is 0 Å². The second-order valence-corrected chi connectivity index (χ2v) is 5.73. The van der Waals surface area contributed by atoms with Gasteiger partial charge in [0.2, 0.25) is 0 Å². The third-order valence-corrected chi connectivity index (χ3v) is 3.01. The van der Waals surface area contributed by atoms with Crippen LogP contribution in [0.2, 0.25) is 0 Å². The molecule has 0 bridgehead atoms. The van der Waals surface area contributed by atoms with E-state index in [1.54, 1.807) is 0 Å². The van der Waals surface area contributed by atoms with E-state index < -0.39 is 0 Å². The molecule has 1 atom stereocenters. The van der Waals surface area contributed by atoms with Crippen LogP contribution in [0.1, 0.15) is 33.6 Å². The van der Waals surface area contributed by atoms with Gasteiger partial charge in [0, 0.05) is 32.2 Å². The Morgan fingerprint density at radius 2 is 1.71 bits per heavy atom. The van der Waals surface area contributed by atoms with Gasteiger partial charge in [-0.1, -0.05) is 27.2 Å². The SMILES string of the molecule is CCCC(CN(CCN(C)C)CC(C)C)NC. The average Bonchev–Trinajstić information content (AvgIpc) is 2.24. The zero-order valence-corrected chi connectivity index (χ0v) is 12.8. The van der Waals surface area contributed by atoms with Gasteiger partial charge in [0.25, 0.3) is 0 Å². The summed E-state index contributed by atoms with van der Waals surface area (Å²) in [6.07, 6.45) is 2.53. The van der Waals surface area contributed by atoms with Crippen molar-refractivity contribution in [1.82, 2.24) is 15.1 Å². The fraction of sp³-hybridized carbons (Fsp3) is 1.00. The molecule has 0 spiro atoms. The van der Waals surface area contributed by atoms with Crippen molar-refractivity contribution >= 4 is 0 Å². The normalized spacial score (nSPS) is 13.9. The van der Waals surface area contributed by atoms with Gasteiger partial charge in [-0.2, -0.15) is 0 Å². The standard InChI is InChI=1S/C14H33N3/c1-7-8-14(15-4)12-17(11-13(2)3)10-9-16(5)6/h13-15H,7-12H2,1-6H3. The summed E-state index contributed by atoms with van der Waals surface area (Å²) in [4.78, 5) is 4.86. The van der Waals surface area contributed by atoms with Gasteiger partial charge < -0.3 is 15.1 Å². The predicted molar refractivity (Wildman–Crippen MR) is 77.6 cm³/mol. The first-order valence-electron chi connectivity index (χ1n) is 7.03. The monoisotopic (exact) mass is 243 g/mol. The lowest BCUT2D eigenvalue weighted by atomic mass is 10.1. The number of rotatable bonds is 10. The predicted octanol–water partition coefficient (Wildman–Crippen LogP) is 1.89. The highest BCUT2D eigenvalue weighted by Crippen LogP contribution is 2.04. The molecule has 104 valence electrons. The molecule has 0 aromatic heterocycles. The second-order valence-electron chi connectivity index (χ2n) is 5.73. The van der Waals surface area contributed by atoms with Crippen LogP contribution in [-0.2, 0) is 0 Å². The van der Waals surface area contributed by atoms with Crippen molar-refractivity contribution in [2.75, 3.05) is 47.3 Å². The van der Waals surface area contributed by atoms with Gasteiger partial charge in [0.1, 0.15) is 0 Å². The van der Waals surface area contributed by atoms with E-state index in [1.165, 1.54) is 32.5 Å². The molecule has 3 heteroatoms. The Kier molecular flexibility index (Phi) is 9.79. The fourth-order valence-electron chi connectivity index (χ4n) is 2.10. The highest BCUT2D eigenvalue weighted by molar-refractivity contribution is 4.72. The van der Waals surface area contributed by atoms with Crippen molar-refractivity contribution in [2.45, 2.75) is 39.7 Å². The molecule has 0 radical (unpaired) electrons. The summed E-state index contributed by atoms with van der Waals surface area (Å²) in [5, 5.41) is 3.44. The first-order valence-corrected chi connectivity index (χ1v) is 7.03. The molecule has 1 N–H and O–H groups in total. The summed E-state index contributed by atoms with van der Waals surface area (Å²) in [5.41, 5.74) is 0. The van der Waals surface area contributed by atoms with E-state index in [9.17, 15) is 0 Å². The van der Waals surface area contributed by atoms with Crippen molar-refractivity contribution in [3.8, 4) is 0 Å². The molecule has 0 rings (SSSR count). The molecule has 0 amide bonds. The van der Waals surface area contributed by atoms with E-state index in [0.29, 0.717) is 6.04 Å². The third-order valence-electron chi connectivity index (χ3n) is 3.01. The first-order chi connectivity index (χ1) is 7.99. The summed E-state index contributed by atoms with van der Waals surface area (Å²) in [7, 11) is 6.38. The molecule has 0 aromatic rings. The molecular formula is C14H33N3. The number of nitrogens with one attached hydrogen (secondary N) is 1. The van der Waals surface area contributed by atoms with Crippen LogP contribution in [0, 0.1) is 5.92 Å². The minimum atomic E-state index is 0.640. The van der Waals surface area contributed by atoms with Crippen LogP contribution < -0.4 is 5.32 Å². The summed E-state index contributed by atoms with van der Waals surface area (Å²) in [6.45, 7) is 11.6. The average molecular weight is 243 g/mol. The molecule has 0 aliphatic heterocycles. The van der Waals surface area contributed by atoms with Crippen LogP contribution in [0.25, 0.3) is 0 Å². The third kappa shape index (κ3) is 9.57. The number of likely N-dealkylation sites (N-methyl/N-ethyl adjacent to an activating group) is 2. The summed E-state index contributed by atoms with van der Waals surface area (Å²) in [6, 6.07) is 0.640. The van der Waals surface area contributed by atoms with Gasteiger partial charge in [0.15, 0.2) is 0 Å². The highest BCUT2D eigenvalue weighted by Gasteiger charge is 2.13. The largest absolute Gasteiger partial charge is 0.316 e. The summed E-state index contributed by atoms with van der Waals surface area (Å²) < 4.78 is 0. The molecular weight excluding hydrogens is 210 g/mol. The van der Waals surface area contributed by atoms with E-state index in [0.717, 1.165) is 12.5 Å². The fourth-order valence-corrected chi connectivity index (χ4v) is 2.10. The maximum atomic E-state index is 3.44. The van der Waals surface area contributed by atoms with Gasteiger partial charge in [-0.15, -0.1) is 0 Å². The Balaban J connectivity index is 4.14. The van der Waals surface area contributed by atoms with E-state index in [1.807, 2.05) is 0 Å². The van der Waals surface area contributed by atoms with Crippen molar-refractivity contribution < 1.29 is 0 Å². The van der Waals surface area contributed by atoms with Gasteiger partial charge in [-0.05, 0) is 33.5 Å². The lowest BCUT2D eigenvalue weighted by Gasteiger charge is -2.29. The number of hydrogen-bond acceptors (Lipinski definition) is 3. The molecule has 0 saturated heterocycles. The van der Waals surface area contributed by atoms with Gasteiger partial charge in [-0.3, -0.25) is 0 Å². The minimum absolute atomic E-state index is 0.640. The Bertz CT molecular complexity index is 169. The maximum absolute atomic E-state index is 3.44. The van der Waals surface area contributed by atoms with Crippen molar-refractivity contribution in [3.63, 3.8) is 0 Å². The zero-order valence-electron chi connectivity index (χ0n) is 12.8. The lowest BCUT2D eigenvalue weighted by Crippen LogP contribution is -2.43. The maximum Gasteiger partial charge on any atom is 0.0191 e. The van der Waals surface area contributed by atoms with Crippen molar-refractivity contribution in [1.29, 1.82) is 0 Å². The molecule has 0 fully saturated rings. The van der Waals surface area contributed by atoms with Crippen LogP contribution in [0.4, 0.5) is 0 Å². The Hall–Kier alpha value is -0.120. The summed E-state index contributed by atoms with van der Waals surface area (Å²) >= 11 is 0. The second kappa shape index (κ2) is 9.86. The smallest absolute Gasteiger partial charge is 0.0191 e. The van der Waals surface area contributed by atoms with Gasteiger partial charge >= 0.3 is 0 Å². The summed E-state index contributed by atoms with van der Waals surface area (Å²) in [5.74, 6) is 0.747. The Morgan fingerprint density at radius 1 is 1.06 bits per heavy atom. The minimum Gasteiger partial charge on any atom is -0.316 e. The van der Waals surface area contributed by atoms with Crippen LogP contribution in [0.3, 0.4) is 0 Å². The molecule has 0 aliphatic rings. The topological polar surface area (TPSA) is 18.5 Å². The van der Waals surface area contributed by atoms with Crippen LogP contribution in [0.15, 0.2) is 0 Å². The molecule has 0 aromatic carbocycles. The number of hydrogen-bond donors (Lipinski definition) is 1. The quantitative estimate of drug-likeness (QED) is 0.632. The Labute approximate surface area is 109 Å². The van der Waals surface area contributed by atoms with Crippen LogP contribution >= 0.6 is 0 Å². The van der Waals surface area contributed by atoms with E-state index >= 15 is 0 Å². The number of nitrogens with zero attached hydrogens (tertiary/aromatic N) is 2.